The molecule has 0 atom stereocenters. The van der Waals surface area contributed by atoms with Gasteiger partial charge in [-0.3, -0.25) is 0 Å². The van der Waals surface area contributed by atoms with Crippen LogP contribution in [0.2, 0.25) is 0 Å². The monoisotopic (exact) mass is 229 g/mol. The van der Waals surface area contributed by atoms with Gasteiger partial charge < -0.3 is 10.1 Å². The lowest BCUT2D eigenvalue weighted by Gasteiger charge is -2.09. The van der Waals surface area contributed by atoms with Crippen molar-refractivity contribution in [1.82, 2.24) is 9.97 Å². The highest BCUT2D eigenvalue weighted by Gasteiger charge is 2.04. The molecule has 0 bridgehead atoms. The van der Waals surface area contributed by atoms with Gasteiger partial charge in [0.25, 0.3) is 0 Å². The maximum absolute atomic E-state index is 5.74. The molecule has 2 rings (SSSR count). The molecule has 0 aliphatic heterocycles. The Morgan fingerprint density at radius 3 is 2.76 bits per heavy atom. The van der Waals surface area contributed by atoms with Crippen LogP contribution in [0.5, 0.6) is 11.6 Å². The molecular weight excluding hydrogens is 214 g/mol. The first-order valence-electron chi connectivity index (χ1n) is 5.44. The van der Waals surface area contributed by atoms with E-state index in [0.29, 0.717) is 5.88 Å². The summed E-state index contributed by atoms with van der Waals surface area (Å²) in [6, 6.07) is 7.73. The summed E-state index contributed by atoms with van der Waals surface area (Å²) < 4.78 is 5.74. The Morgan fingerprint density at radius 2 is 2.00 bits per heavy atom. The molecule has 0 unspecified atom stereocenters. The van der Waals surface area contributed by atoms with Gasteiger partial charge in [-0.05, 0) is 31.0 Å². The molecule has 0 amide bonds. The smallest absolute Gasteiger partial charge is 0.224 e. The van der Waals surface area contributed by atoms with Crippen molar-refractivity contribution in [1.29, 1.82) is 0 Å². The van der Waals surface area contributed by atoms with E-state index in [4.69, 9.17) is 4.74 Å². The average Bonchev–Trinajstić information content (AvgIpc) is 2.35. The third-order valence-corrected chi connectivity index (χ3v) is 2.67. The summed E-state index contributed by atoms with van der Waals surface area (Å²) in [5, 5.41) is 2.95. The van der Waals surface area contributed by atoms with Crippen molar-refractivity contribution in [3.05, 3.63) is 41.7 Å². The first kappa shape index (κ1) is 11.4. The predicted molar refractivity (Wildman–Crippen MR) is 67.6 cm³/mol. The molecule has 0 radical (unpaired) electrons. The normalized spacial score (nSPS) is 10.1. The number of aryl methyl sites for hydroxylation is 1. The standard InChI is InChI=1S/C13H15N3O/c1-9-5-4-6-11(10(9)2)17-13-7-12(14-3)15-8-16-13/h4-8H,1-3H3,(H,14,15,16). The molecule has 0 spiro atoms. The minimum absolute atomic E-state index is 0.540. The summed E-state index contributed by atoms with van der Waals surface area (Å²) in [6.45, 7) is 4.09. The van der Waals surface area contributed by atoms with E-state index in [9.17, 15) is 0 Å². The molecule has 0 aliphatic carbocycles. The lowest BCUT2D eigenvalue weighted by Crippen LogP contribution is -1.96. The van der Waals surface area contributed by atoms with Crippen LogP contribution in [0.1, 0.15) is 11.1 Å². The molecule has 4 nitrogen and oxygen atoms in total. The van der Waals surface area contributed by atoms with Gasteiger partial charge in [0.15, 0.2) is 0 Å². The van der Waals surface area contributed by atoms with Crippen LogP contribution in [0.3, 0.4) is 0 Å². The van der Waals surface area contributed by atoms with E-state index in [0.717, 1.165) is 17.1 Å². The molecule has 2 aromatic rings. The van der Waals surface area contributed by atoms with Crippen LogP contribution in [0.15, 0.2) is 30.6 Å². The SMILES string of the molecule is CNc1cc(Oc2cccc(C)c2C)ncn1. The van der Waals surface area contributed by atoms with Crippen molar-refractivity contribution in [2.75, 3.05) is 12.4 Å². The van der Waals surface area contributed by atoms with Crippen molar-refractivity contribution in [2.24, 2.45) is 0 Å². The van der Waals surface area contributed by atoms with E-state index in [1.807, 2.05) is 26.1 Å². The van der Waals surface area contributed by atoms with E-state index in [-0.39, 0.29) is 0 Å². The summed E-state index contributed by atoms with van der Waals surface area (Å²) in [6.07, 6.45) is 1.48. The van der Waals surface area contributed by atoms with E-state index in [2.05, 4.69) is 28.3 Å². The molecule has 1 aromatic carbocycles. The maximum Gasteiger partial charge on any atom is 0.224 e. The Morgan fingerprint density at radius 1 is 1.18 bits per heavy atom. The van der Waals surface area contributed by atoms with Crippen molar-refractivity contribution < 1.29 is 4.74 Å². The number of hydrogen-bond acceptors (Lipinski definition) is 4. The summed E-state index contributed by atoms with van der Waals surface area (Å²) >= 11 is 0. The van der Waals surface area contributed by atoms with Gasteiger partial charge in [0.2, 0.25) is 5.88 Å². The Balaban J connectivity index is 2.28. The number of ether oxygens (including phenoxy) is 1. The lowest BCUT2D eigenvalue weighted by molar-refractivity contribution is 0.458. The number of hydrogen-bond donors (Lipinski definition) is 1. The van der Waals surface area contributed by atoms with Crippen LogP contribution in [0.25, 0.3) is 0 Å². The van der Waals surface area contributed by atoms with E-state index >= 15 is 0 Å². The van der Waals surface area contributed by atoms with Gasteiger partial charge in [0, 0.05) is 13.1 Å². The van der Waals surface area contributed by atoms with Gasteiger partial charge in [0.05, 0.1) is 0 Å². The zero-order chi connectivity index (χ0) is 12.3. The topological polar surface area (TPSA) is 47.0 Å². The Bertz CT molecular complexity index is 526. The third-order valence-electron chi connectivity index (χ3n) is 2.67. The van der Waals surface area contributed by atoms with Crippen molar-refractivity contribution in [2.45, 2.75) is 13.8 Å². The fraction of sp³-hybridized carbons (Fsp3) is 0.231. The highest BCUT2D eigenvalue weighted by Crippen LogP contribution is 2.26. The zero-order valence-corrected chi connectivity index (χ0v) is 10.2. The van der Waals surface area contributed by atoms with Gasteiger partial charge >= 0.3 is 0 Å². The zero-order valence-electron chi connectivity index (χ0n) is 10.2. The molecule has 0 aliphatic rings. The summed E-state index contributed by atoms with van der Waals surface area (Å²) in [5.74, 6) is 2.10. The second kappa shape index (κ2) is 4.82. The predicted octanol–water partition coefficient (Wildman–Crippen LogP) is 2.93. The van der Waals surface area contributed by atoms with Crippen LogP contribution < -0.4 is 10.1 Å². The van der Waals surface area contributed by atoms with Crippen LogP contribution in [-0.4, -0.2) is 17.0 Å². The molecular formula is C13H15N3O. The van der Waals surface area contributed by atoms with Crippen molar-refractivity contribution >= 4 is 5.82 Å². The summed E-state index contributed by atoms with van der Waals surface area (Å²) in [4.78, 5) is 8.12. The number of nitrogens with one attached hydrogen (secondary N) is 1. The lowest BCUT2D eigenvalue weighted by atomic mass is 10.1. The highest BCUT2D eigenvalue weighted by molar-refractivity contribution is 5.42. The Labute approximate surface area is 101 Å². The van der Waals surface area contributed by atoms with Gasteiger partial charge in [0.1, 0.15) is 17.9 Å². The van der Waals surface area contributed by atoms with Gasteiger partial charge in [-0.25, -0.2) is 9.97 Å². The Hall–Kier alpha value is -2.10. The minimum atomic E-state index is 0.540. The first-order chi connectivity index (χ1) is 8.20. The number of benzene rings is 1. The van der Waals surface area contributed by atoms with E-state index in [1.165, 1.54) is 11.9 Å². The Kier molecular flexibility index (Phi) is 3.23. The van der Waals surface area contributed by atoms with Gasteiger partial charge in [-0.1, -0.05) is 12.1 Å². The second-order valence-electron chi connectivity index (χ2n) is 3.79. The molecule has 0 saturated carbocycles. The maximum atomic E-state index is 5.74. The van der Waals surface area contributed by atoms with E-state index < -0.39 is 0 Å². The molecule has 4 heteroatoms. The molecule has 1 N–H and O–H groups in total. The van der Waals surface area contributed by atoms with Crippen molar-refractivity contribution in [3.8, 4) is 11.6 Å². The molecule has 1 aromatic heterocycles. The summed E-state index contributed by atoms with van der Waals surface area (Å²) in [7, 11) is 1.81. The van der Waals surface area contributed by atoms with Crippen LogP contribution in [0, 0.1) is 13.8 Å². The minimum Gasteiger partial charge on any atom is -0.439 e. The number of aromatic nitrogens is 2. The number of anilines is 1. The van der Waals surface area contributed by atoms with Crippen LogP contribution >= 0.6 is 0 Å². The van der Waals surface area contributed by atoms with Crippen molar-refractivity contribution in [3.63, 3.8) is 0 Å². The number of nitrogens with zero attached hydrogens (tertiary/aromatic N) is 2. The average molecular weight is 229 g/mol. The highest BCUT2D eigenvalue weighted by atomic mass is 16.5. The molecule has 88 valence electrons. The van der Waals surface area contributed by atoms with Crippen LogP contribution in [-0.2, 0) is 0 Å². The summed E-state index contributed by atoms with van der Waals surface area (Å²) in [5.41, 5.74) is 2.32. The molecule has 0 fully saturated rings. The largest absolute Gasteiger partial charge is 0.439 e. The van der Waals surface area contributed by atoms with Gasteiger partial charge in [-0.15, -0.1) is 0 Å². The molecule has 17 heavy (non-hydrogen) atoms. The number of rotatable bonds is 3. The quantitative estimate of drug-likeness (QED) is 0.879. The van der Waals surface area contributed by atoms with E-state index in [1.54, 1.807) is 6.07 Å². The van der Waals surface area contributed by atoms with Gasteiger partial charge in [-0.2, -0.15) is 0 Å². The third kappa shape index (κ3) is 2.53. The molecule has 1 heterocycles. The van der Waals surface area contributed by atoms with Crippen LogP contribution in [0.4, 0.5) is 5.82 Å². The molecule has 0 saturated heterocycles. The first-order valence-corrected chi connectivity index (χ1v) is 5.44. The fourth-order valence-corrected chi connectivity index (χ4v) is 1.48. The fourth-order valence-electron chi connectivity index (χ4n) is 1.48. The second-order valence-corrected chi connectivity index (χ2v) is 3.79.